The number of hydrogen-bond acceptors (Lipinski definition) is 5. The van der Waals surface area contributed by atoms with Gasteiger partial charge in [0.1, 0.15) is 17.8 Å². The van der Waals surface area contributed by atoms with E-state index in [2.05, 4.69) is 0 Å². The van der Waals surface area contributed by atoms with E-state index in [1.54, 1.807) is 14.0 Å². The van der Waals surface area contributed by atoms with Crippen molar-refractivity contribution in [1.82, 2.24) is 0 Å². The number of hydrogen-bond donors (Lipinski definition) is 0. The SMILES string of the molecule is CCOC(=O)C1=C[C@H](C)[C@H]2OC(=O)[C@H]2[C@@H]1c1ccc(OC)cc1. The number of rotatable bonds is 4. The first kappa shape index (κ1) is 15.6. The van der Waals surface area contributed by atoms with Gasteiger partial charge in [0.2, 0.25) is 0 Å². The van der Waals surface area contributed by atoms with E-state index in [-0.39, 0.29) is 35.8 Å². The van der Waals surface area contributed by atoms with Gasteiger partial charge in [0.25, 0.3) is 0 Å². The van der Waals surface area contributed by atoms with Crippen molar-refractivity contribution in [3.8, 4) is 5.75 Å². The van der Waals surface area contributed by atoms with Crippen molar-refractivity contribution in [3.05, 3.63) is 41.5 Å². The maximum atomic E-state index is 12.4. The van der Waals surface area contributed by atoms with Gasteiger partial charge in [0, 0.05) is 17.4 Å². The molecule has 1 aliphatic carbocycles. The van der Waals surface area contributed by atoms with Crippen LogP contribution < -0.4 is 4.74 Å². The molecular weight excluding hydrogens is 296 g/mol. The summed E-state index contributed by atoms with van der Waals surface area (Å²) < 4.78 is 15.6. The van der Waals surface area contributed by atoms with E-state index in [4.69, 9.17) is 14.2 Å². The zero-order valence-electron chi connectivity index (χ0n) is 13.4. The molecule has 0 unspecified atom stereocenters. The van der Waals surface area contributed by atoms with E-state index in [9.17, 15) is 9.59 Å². The van der Waals surface area contributed by atoms with E-state index in [0.717, 1.165) is 11.3 Å². The average Bonchev–Trinajstić information content (AvgIpc) is 2.55. The number of benzene rings is 1. The molecule has 1 aliphatic heterocycles. The van der Waals surface area contributed by atoms with Crippen molar-refractivity contribution < 1.29 is 23.8 Å². The van der Waals surface area contributed by atoms with Gasteiger partial charge in [-0.15, -0.1) is 0 Å². The molecule has 1 heterocycles. The number of fused-ring (bicyclic) bond motifs is 1. The van der Waals surface area contributed by atoms with Gasteiger partial charge in [-0.3, -0.25) is 4.79 Å². The summed E-state index contributed by atoms with van der Waals surface area (Å²) in [6.45, 7) is 4.03. The van der Waals surface area contributed by atoms with Gasteiger partial charge < -0.3 is 14.2 Å². The Morgan fingerprint density at radius 2 is 1.96 bits per heavy atom. The fraction of sp³-hybridized carbons (Fsp3) is 0.444. The first-order valence-electron chi connectivity index (χ1n) is 7.80. The van der Waals surface area contributed by atoms with Crippen molar-refractivity contribution in [2.75, 3.05) is 13.7 Å². The standard InChI is InChI=1S/C18H20O5/c1-4-22-17(19)13-9-10(2)16-15(18(20)23-16)14(13)11-5-7-12(21-3)8-6-11/h5-10,14-16H,4H2,1-3H3/t10-,14+,15-,16+/m0/s1. The van der Waals surface area contributed by atoms with Gasteiger partial charge >= 0.3 is 11.9 Å². The molecule has 122 valence electrons. The maximum Gasteiger partial charge on any atom is 0.334 e. The molecule has 5 nitrogen and oxygen atoms in total. The lowest BCUT2D eigenvalue weighted by Crippen LogP contribution is -2.54. The van der Waals surface area contributed by atoms with Crippen LogP contribution in [-0.4, -0.2) is 31.8 Å². The van der Waals surface area contributed by atoms with Crippen LogP contribution in [0.1, 0.15) is 25.3 Å². The van der Waals surface area contributed by atoms with Crippen LogP contribution in [0.3, 0.4) is 0 Å². The zero-order chi connectivity index (χ0) is 16.6. The third-order valence-electron chi connectivity index (χ3n) is 4.52. The van der Waals surface area contributed by atoms with Crippen LogP contribution in [0.15, 0.2) is 35.9 Å². The molecule has 1 aromatic carbocycles. The number of esters is 2. The third kappa shape index (κ3) is 2.60. The molecule has 1 saturated heterocycles. The summed E-state index contributed by atoms with van der Waals surface area (Å²) >= 11 is 0. The molecule has 5 heteroatoms. The van der Waals surface area contributed by atoms with Gasteiger partial charge in [0.15, 0.2) is 0 Å². The fourth-order valence-corrected chi connectivity index (χ4v) is 3.39. The van der Waals surface area contributed by atoms with Crippen molar-refractivity contribution in [2.24, 2.45) is 11.8 Å². The van der Waals surface area contributed by atoms with E-state index in [1.807, 2.05) is 37.3 Å². The molecule has 0 N–H and O–H groups in total. The van der Waals surface area contributed by atoms with E-state index in [1.165, 1.54) is 0 Å². The minimum atomic E-state index is -0.363. The highest BCUT2D eigenvalue weighted by Gasteiger charge is 2.54. The van der Waals surface area contributed by atoms with Crippen LogP contribution >= 0.6 is 0 Å². The van der Waals surface area contributed by atoms with E-state index < -0.39 is 0 Å². The molecule has 0 spiro atoms. The molecule has 2 aliphatic rings. The second-order valence-corrected chi connectivity index (χ2v) is 5.88. The van der Waals surface area contributed by atoms with Gasteiger partial charge in [0.05, 0.1) is 13.7 Å². The number of ether oxygens (including phenoxy) is 3. The Bertz CT molecular complexity index is 646. The maximum absolute atomic E-state index is 12.4. The van der Waals surface area contributed by atoms with Crippen molar-refractivity contribution >= 4 is 11.9 Å². The molecule has 0 radical (unpaired) electrons. The number of carbonyl (C=O) groups is 2. The van der Waals surface area contributed by atoms with Crippen molar-refractivity contribution in [1.29, 1.82) is 0 Å². The quantitative estimate of drug-likeness (QED) is 0.799. The Balaban J connectivity index is 2.01. The Morgan fingerprint density at radius 3 is 2.52 bits per heavy atom. The minimum Gasteiger partial charge on any atom is -0.497 e. The molecule has 3 rings (SSSR count). The third-order valence-corrected chi connectivity index (χ3v) is 4.52. The second kappa shape index (κ2) is 6.07. The number of carbonyl (C=O) groups excluding carboxylic acids is 2. The first-order chi connectivity index (χ1) is 11.1. The Labute approximate surface area is 135 Å². The Hall–Kier alpha value is -2.30. The summed E-state index contributed by atoms with van der Waals surface area (Å²) in [6, 6.07) is 7.43. The normalized spacial score (nSPS) is 28.8. The van der Waals surface area contributed by atoms with Crippen molar-refractivity contribution in [3.63, 3.8) is 0 Å². The summed E-state index contributed by atoms with van der Waals surface area (Å²) in [7, 11) is 1.60. The largest absolute Gasteiger partial charge is 0.497 e. The molecule has 0 amide bonds. The van der Waals surface area contributed by atoms with E-state index >= 15 is 0 Å². The Kier molecular flexibility index (Phi) is 4.11. The Morgan fingerprint density at radius 1 is 1.26 bits per heavy atom. The first-order valence-corrected chi connectivity index (χ1v) is 7.80. The monoisotopic (exact) mass is 316 g/mol. The lowest BCUT2D eigenvalue weighted by atomic mass is 9.67. The number of methoxy groups -OCH3 is 1. The molecule has 0 aromatic heterocycles. The fourth-order valence-electron chi connectivity index (χ4n) is 3.39. The van der Waals surface area contributed by atoms with Crippen LogP contribution in [0.25, 0.3) is 0 Å². The summed E-state index contributed by atoms with van der Waals surface area (Å²) in [6.07, 6.45) is 1.70. The van der Waals surface area contributed by atoms with Gasteiger partial charge in [-0.05, 0) is 24.6 Å². The zero-order valence-corrected chi connectivity index (χ0v) is 13.4. The molecule has 23 heavy (non-hydrogen) atoms. The molecule has 1 aromatic rings. The summed E-state index contributed by atoms with van der Waals surface area (Å²) in [5.74, 6) is -0.542. The summed E-state index contributed by atoms with van der Waals surface area (Å²) in [5.41, 5.74) is 1.44. The van der Waals surface area contributed by atoms with Gasteiger partial charge in [-0.25, -0.2) is 4.79 Å². The van der Waals surface area contributed by atoms with Crippen LogP contribution in [-0.2, 0) is 19.1 Å². The molecule has 0 saturated carbocycles. The molecule has 0 bridgehead atoms. The average molecular weight is 316 g/mol. The van der Waals surface area contributed by atoms with Gasteiger partial charge in [-0.1, -0.05) is 25.1 Å². The highest BCUT2D eigenvalue weighted by atomic mass is 16.6. The van der Waals surface area contributed by atoms with Crippen molar-refractivity contribution in [2.45, 2.75) is 25.9 Å². The highest BCUT2D eigenvalue weighted by Crippen LogP contribution is 2.48. The lowest BCUT2D eigenvalue weighted by Gasteiger charge is -2.46. The van der Waals surface area contributed by atoms with Crippen LogP contribution in [0.5, 0.6) is 5.75 Å². The van der Waals surface area contributed by atoms with Crippen LogP contribution in [0.2, 0.25) is 0 Å². The molecule has 4 atom stereocenters. The second-order valence-electron chi connectivity index (χ2n) is 5.88. The summed E-state index contributed by atoms with van der Waals surface area (Å²) in [5, 5.41) is 0. The lowest BCUT2D eigenvalue weighted by molar-refractivity contribution is -0.192. The molecule has 1 fully saturated rings. The highest BCUT2D eigenvalue weighted by molar-refractivity contribution is 5.94. The van der Waals surface area contributed by atoms with Crippen LogP contribution in [0.4, 0.5) is 0 Å². The smallest absolute Gasteiger partial charge is 0.334 e. The topological polar surface area (TPSA) is 61.8 Å². The predicted octanol–water partition coefficient (Wildman–Crippen LogP) is 2.46. The predicted molar refractivity (Wildman–Crippen MR) is 83.0 cm³/mol. The summed E-state index contributed by atoms with van der Waals surface area (Å²) in [4.78, 5) is 24.4. The van der Waals surface area contributed by atoms with Gasteiger partial charge in [-0.2, -0.15) is 0 Å². The molecular formula is C18H20O5. The van der Waals surface area contributed by atoms with E-state index in [0.29, 0.717) is 12.2 Å². The van der Waals surface area contributed by atoms with Crippen LogP contribution in [0, 0.1) is 11.8 Å². The minimum absolute atomic E-state index is 0.00612.